The SMILES string of the molecule is CN1CCC(CCNc2cc(F)c(Cl)cc2N)CC1. The third kappa shape index (κ3) is 3.98. The Morgan fingerprint density at radius 2 is 2.11 bits per heavy atom. The second-order valence-electron chi connectivity index (χ2n) is 5.32. The molecule has 0 bridgehead atoms. The molecule has 3 nitrogen and oxygen atoms in total. The maximum atomic E-state index is 13.4. The van der Waals surface area contributed by atoms with Crippen LogP contribution in [0.25, 0.3) is 0 Å². The van der Waals surface area contributed by atoms with E-state index in [0.29, 0.717) is 11.4 Å². The minimum Gasteiger partial charge on any atom is -0.397 e. The van der Waals surface area contributed by atoms with Crippen molar-refractivity contribution < 1.29 is 4.39 Å². The van der Waals surface area contributed by atoms with Crippen LogP contribution in [0.5, 0.6) is 0 Å². The molecule has 0 atom stereocenters. The van der Waals surface area contributed by atoms with Crippen LogP contribution in [-0.2, 0) is 0 Å². The van der Waals surface area contributed by atoms with Crippen molar-refractivity contribution in [1.82, 2.24) is 4.90 Å². The van der Waals surface area contributed by atoms with Crippen LogP contribution in [0.1, 0.15) is 19.3 Å². The summed E-state index contributed by atoms with van der Waals surface area (Å²) in [4.78, 5) is 2.36. The average Bonchev–Trinajstić information content (AvgIpc) is 2.38. The van der Waals surface area contributed by atoms with E-state index in [4.69, 9.17) is 17.3 Å². The van der Waals surface area contributed by atoms with Crippen molar-refractivity contribution in [3.8, 4) is 0 Å². The minimum absolute atomic E-state index is 0.0679. The van der Waals surface area contributed by atoms with Gasteiger partial charge in [0, 0.05) is 12.6 Å². The summed E-state index contributed by atoms with van der Waals surface area (Å²) < 4.78 is 13.4. The Labute approximate surface area is 118 Å². The first-order valence-corrected chi connectivity index (χ1v) is 7.11. The molecule has 1 aliphatic heterocycles. The zero-order chi connectivity index (χ0) is 13.8. The molecule has 0 amide bonds. The predicted octanol–water partition coefficient (Wildman–Crippen LogP) is 3.21. The number of anilines is 2. The molecule has 0 spiro atoms. The maximum Gasteiger partial charge on any atom is 0.143 e. The number of nitrogens with zero attached hydrogens (tertiary/aromatic N) is 1. The van der Waals surface area contributed by atoms with Crippen LogP contribution in [0, 0.1) is 11.7 Å². The standard InChI is InChI=1S/C14H21ClFN3/c1-19-6-3-10(4-7-19)2-5-18-14-9-12(16)11(15)8-13(14)17/h8-10,18H,2-7,17H2,1H3. The monoisotopic (exact) mass is 285 g/mol. The van der Waals surface area contributed by atoms with E-state index in [1.165, 1.54) is 38.1 Å². The molecule has 19 heavy (non-hydrogen) atoms. The quantitative estimate of drug-likeness (QED) is 0.835. The molecule has 2 rings (SSSR count). The van der Waals surface area contributed by atoms with Crippen LogP contribution in [0.15, 0.2) is 12.1 Å². The Morgan fingerprint density at radius 1 is 1.42 bits per heavy atom. The highest BCUT2D eigenvalue weighted by molar-refractivity contribution is 6.31. The van der Waals surface area contributed by atoms with Crippen LogP contribution in [0.3, 0.4) is 0 Å². The first-order chi connectivity index (χ1) is 9.06. The van der Waals surface area contributed by atoms with Crippen molar-refractivity contribution in [2.45, 2.75) is 19.3 Å². The van der Waals surface area contributed by atoms with Gasteiger partial charge in [-0.2, -0.15) is 0 Å². The van der Waals surface area contributed by atoms with Gasteiger partial charge in [-0.15, -0.1) is 0 Å². The van der Waals surface area contributed by atoms with Crippen LogP contribution in [0.4, 0.5) is 15.8 Å². The Hall–Kier alpha value is -1.00. The van der Waals surface area contributed by atoms with Crippen LogP contribution in [0.2, 0.25) is 5.02 Å². The molecule has 0 unspecified atom stereocenters. The van der Waals surface area contributed by atoms with Gasteiger partial charge < -0.3 is 16.0 Å². The van der Waals surface area contributed by atoms with Gasteiger partial charge in [0.2, 0.25) is 0 Å². The topological polar surface area (TPSA) is 41.3 Å². The van der Waals surface area contributed by atoms with Crippen molar-refractivity contribution >= 4 is 23.0 Å². The molecule has 0 aliphatic carbocycles. The zero-order valence-corrected chi connectivity index (χ0v) is 12.0. The second kappa shape index (κ2) is 6.44. The van der Waals surface area contributed by atoms with Gasteiger partial charge in [-0.1, -0.05) is 11.6 Å². The number of nitrogen functional groups attached to an aromatic ring is 1. The maximum absolute atomic E-state index is 13.4. The van der Waals surface area contributed by atoms with E-state index < -0.39 is 5.82 Å². The second-order valence-corrected chi connectivity index (χ2v) is 5.72. The molecule has 1 heterocycles. The molecule has 1 fully saturated rings. The fraction of sp³-hybridized carbons (Fsp3) is 0.571. The van der Waals surface area contributed by atoms with Crippen molar-refractivity contribution in [3.63, 3.8) is 0 Å². The van der Waals surface area contributed by atoms with Gasteiger partial charge in [-0.05, 0) is 51.4 Å². The van der Waals surface area contributed by atoms with E-state index >= 15 is 0 Å². The lowest BCUT2D eigenvalue weighted by Gasteiger charge is -2.29. The fourth-order valence-electron chi connectivity index (χ4n) is 2.48. The lowest BCUT2D eigenvalue weighted by molar-refractivity contribution is 0.215. The molecule has 1 aromatic carbocycles. The van der Waals surface area contributed by atoms with Crippen LogP contribution < -0.4 is 11.1 Å². The molecule has 3 N–H and O–H groups in total. The normalized spacial score (nSPS) is 17.6. The minimum atomic E-state index is -0.433. The number of benzene rings is 1. The Balaban J connectivity index is 1.81. The summed E-state index contributed by atoms with van der Waals surface area (Å²) in [7, 11) is 2.16. The molecule has 1 aliphatic rings. The van der Waals surface area contributed by atoms with E-state index in [0.717, 1.165) is 18.9 Å². The van der Waals surface area contributed by atoms with Gasteiger partial charge in [-0.3, -0.25) is 0 Å². The zero-order valence-electron chi connectivity index (χ0n) is 11.3. The highest BCUT2D eigenvalue weighted by atomic mass is 35.5. The average molecular weight is 286 g/mol. The molecule has 5 heteroatoms. The van der Waals surface area contributed by atoms with Gasteiger partial charge in [0.05, 0.1) is 16.4 Å². The molecule has 1 aromatic rings. The van der Waals surface area contributed by atoms with Crippen molar-refractivity contribution in [3.05, 3.63) is 23.0 Å². The van der Waals surface area contributed by atoms with Gasteiger partial charge in [0.1, 0.15) is 5.82 Å². The number of hydrogen-bond acceptors (Lipinski definition) is 3. The van der Waals surface area contributed by atoms with Crippen LogP contribution in [-0.4, -0.2) is 31.6 Å². The number of nitrogens with two attached hydrogens (primary N) is 1. The van der Waals surface area contributed by atoms with Crippen molar-refractivity contribution in [1.29, 1.82) is 0 Å². The van der Waals surface area contributed by atoms with Crippen molar-refractivity contribution in [2.24, 2.45) is 5.92 Å². The molecule has 106 valence electrons. The number of halogens is 2. The number of nitrogens with one attached hydrogen (secondary N) is 1. The first kappa shape index (κ1) is 14.4. The summed E-state index contributed by atoms with van der Waals surface area (Å²) in [5.74, 6) is 0.319. The lowest BCUT2D eigenvalue weighted by atomic mass is 9.94. The Morgan fingerprint density at radius 3 is 2.79 bits per heavy atom. The van der Waals surface area contributed by atoms with E-state index in [2.05, 4.69) is 17.3 Å². The first-order valence-electron chi connectivity index (χ1n) is 6.73. The molecular weight excluding hydrogens is 265 g/mol. The number of likely N-dealkylation sites (tertiary alicyclic amines) is 1. The summed E-state index contributed by atoms with van der Waals surface area (Å²) in [5, 5.41) is 3.27. The highest BCUT2D eigenvalue weighted by Crippen LogP contribution is 2.26. The summed E-state index contributed by atoms with van der Waals surface area (Å²) in [6, 6.07) is 2.82. The molecule has 0 saturated carbocycles. The molecular formula is C14H21ClFN3. The van der Waals surface area contributed by atoms with E-state index in [1.54, 1.807) is 0 Å². The summed E-state index contributed by atoms with van der Waals surface area (Å²) in [5.41, 5.74) is 6.94. The van der Waals surface area contributed by atoms with Crippen molar-refractivity contribution in [2.75, 3.05) is 37.7 Å². The van der Waals surface area contributed by atoms with Gasteiger partial charge in [-0.25, -0.2) is 4.39 Å². The van der Waals surface area contributed by atoms with E-state index in [9.17, 15) is 4.39 Å². The number of piperidine rings is 1. The number of hydrogen-bond donors (Lipinski definition) is 2. The Kier molecular flexibility index (Phi) is 4.88. The molecule has 0 aromatic heterocycles. The summed E-state index contributed by atoms with van der Waals surface area (Å²) in [6.07, 6.45) is 3.57. The molecule has 1 saturated heterocycles. The van der Waals surface area contributed by atoms with Gasteiger partial charge in [0.15, 0.2) is 0 Å². The number of rotatable bonds is 4. The Bertz CT molecular complexity index is 431. The molecule has 0 radical (unpaired) electrons. The van der Waals surface area contributed by atoms with E-state index in [-0.39, 0.29) is 5.02 Å². The largest absolute Gasteiger partial charge is 0.397 e. The smallest absolute Gasteiger partial charge is 0.143 e. The third-order valence-corrected chi connectivity index (χ3v) is 4.09. The van der Waals surface area contributed by atoms with Crippen LogP contribution >= 0.6 is 11.6 Å². The summed E-state index contributed by atoms with van der Waals surface area (Å²) >= 11 is 5.67. The third-order valence-electron chi connectivity index (χ3n) is 3.80. The predicted molar refractivity (Wildman–Crippen MR) is 79.2 cm³/mol. The van der Waals surface area contributed by atoms with Gasteiger partial charge >= 0.3 is 0 Å². The fourth-order valence-corrected chi connectivity index (χ4v) is 2.65. The summed E-state index contributed by atoms with van der Waals surface area (Å²) in [6.45, 7) is 3.16. The lowest BCUT2D eigenvalue weighted by Crippen LogP contribution is -2.30. The van der Waals surface area contributed by atoms with Gasteiger partial charge in [0.25, 0.3) is 0 Å². The van der Waals surface area contributed by atoms with E-state index in [1.807, 2.05) is 0 Å². The highest BCUT2D eigenvalue weighted by Gasteiger charge is 2.16.